The maximum Gasteiger partial charge on any atom is 0.411 e. The van der Waals surface area contributed by atoms with Crippen LogP contribution in [-0.4, -0.2) is 42.9 Å². The molecule has 0 aliphatic heterocycles. The monoisotopic (exact) mass is 285 g/mol. The van der Waals surface area contributed by atoms with Gasteiger partial charge in [0.1, 0.15) is 6.61 Å². The van der Waals surface area contributed by atoms with Crippen LogP contribution in [0.4, 0.5) is 13.2 Å². The Kier molecular flexibility index (Phi) is 7.89. The highest BCUT2D eigenvalue weighted by Gasteiger charge is 2.27. The fourth-order valence-corrected chi connectivity index (χ4v) is 1.33. The molecule has 112 valence electrons. The van der Waals surface area contributed by atoms with Gasteiger partial charge in [-0.3, -0.25) is 4.79 Å². The van der Waals surface area contributed by atoms with E-state index >= 15 is 0 Å². The molecule has 0 aromatic heterocycles. The van der Waals surface area contributed by atoms with Gasteiger partial charge in [0.2, 0.25) is 5.91 Å². The lowest BCUT2D eigenvalue weighted by molar-refractivity contribution is -0.173. The van der Waals surface area contributed by atoms with Gasteiger partial charge in [-0.05, 0) is 6.42 Å². The van der Waals surface area contributed by atoms with Crippen molar-refractivity contribution in [1.29, 1.82) is 0 Å². The maximum absolute atomic E-state index is 11.7. The summed E-state index contributed by atoms with van der Waals surface area (Å²) in [7, 11) is 0. The van der Waals surface area contributed by atoms with Crippen LogP contribution in [0.5, 0.6) is 0 Å². The first-order valence-corrected chi connectivity index (χ1v) is 5.71. The molecule has 0 saturated heterocycles. The topological polar surface area (TPSA) is 96.9 Å². The number of ether oxygens (including phenoxy) is 1. The van der Waals surface area contributed by atoms with E-state index in [4.69, 9.17) is 10.9 Å². The molecule has 0 rings (SSSR count). The number of nitrogens with two attached hydrogens (primary N) is 1. The summed E-state index contributed by atoms with van der Waals surface area (Å²) in [5.74, 6) is -1.53. The number of hydrogen-bond donors (Lipinski definition) is 3. The second kappa shape index (κ2) is 8.57. The minimum absolute atomic E-state index is 0.0756. The van der Waals surface area contributed by atoms with E-state index in [1.165, 1.54) is 0 Å². The van der Waals surface area contributed by atoms with Gasteiger partial charge in [0.05, 0.1) is 12.5 Å². The minimum Gasteiger partial charge on any atom is -0.409 e. The van der Waals surface area contributed by atoms with Crippen molar-refractivity contribution in [2.24, 2.45) is 16.8 Å². The van der Waals surface area contributed by atoms with Crippen LogP contribution in [0.15, 0.2) is 5.16 Å². The zero-order valence-corrected chi connectivity index (χ0v) is 10.5. The summed E-state index contributed by atoms with van der Waals surface area (Å²) >= 11 is 0. The van der Waals surface area contributed by atoms with E-state index in [1.54, 1.807) is 0 Å². The lowest BCUT2D eigenvalue weighted by Crippen LogP contribution is -2.40. The Morgan fingerprint density at radius 3 is 2.63 bits per heavy atom. The van der Waals surface area contributed by atoms with Gasteiger partial charge in [-0.1, -0.05) is 18.5 Å². The van der Waals surface area contributed by atoms with Crippen molar-refractivity contribution < 1.29 is 27.9 Å². The molecule has 19 heavy (non-hydrogen) atoms. The number of rotatable bonds is 8. The largest absolute Gasteiger partial charge is 0.411 e. The number of amidine groups is 1. The first kappa shape index (κ1) is 17.5. The molecule has 0 saturated carbocycles. The number of hydrogen-bond acceptors (Lipinski definition) is 4. The molecule has 0 aliphatic rings. The second-order valence-electron chi connectivity index (χ2n) is 3.82. The van der Waals surface area contributed by atoms with Crippen molar-refractivity contribution >= 4 is 11.7 Å². The number of alkyl halides is 3. The van der Waals surface area contributed by atoms with Gasteiger partial charge in [-0.15, -0.1) is 0 Å². The van der Waals surface area contributed by atoms with Gasteiger partial charge in [-0.25, -0.2) is 0 Å². The van der Waals surface area contributed by atoms with Crippen LogP contribution in [0.3, 0.4) is 0 Å². The third-order valence-electron chi connectivity index (χ3n) is 2.18. The van der Waals surface area contributed by atoms with E-state index in [9.17, 15) is 18.0 Å². The van der Waals surface area contributed by atoms with E-state index in [0.29, 0.717) is 12.8 Å². The molecule has 1 amide bonds. The van der Waals surface area contributed by atoms with E-state index in [0.717, 1.165) is 0 Å². The Balaban J connectivity index is 4.01. The minimum atomic E-state index is -4.39. The quantitative estimate of drug-likeness (QED) is 0.202. The molecule has 6 nitrogen and oxygen atoms in total. The number of halogens is 3. The first-order chi connectivity index (χ1) is 8.81. The van der Waals surface area contributed by atoms with Crippen LogP contribution in [0.2, 0.25) is 0 Å². The molecule has 1 atom stereocenters. The lowest BCUT2D eigenvalue weighted by Gasteiger charge is -2.14. The van der Waals surface area contributed by atoms with Crippen molar-refractivity contribution in [2.45, 2.75) is 25.9 Å². The fraction of sp³-hybridized carbons (Fsp3) is 0.800. The Hall–Kier alpha value is -1.51. The normalized spacial score (nSPS) is 14.2. The average Bonchev–Trinajstić information content (AvgIpc) is 2.33. The summed E-state index contributed by atoms with van der Waals surface area (Å²) in [6.45, 7) is 0.118. The number of nitrogens with zero attached hydrogens (tertiary/aromatic N) is 1. The van der Waals surface area contributed by atoms with Crippen LogP contribution in [-0.2, 0) is 9.53 Å². The molecule has 0 aromatic rings. The predicted octanol–water partition coefficient (Wildman–Crippen LogP) is 0.844. The molecule has 0 radical (unpaired) electrons. The summed E-state index contributed by atoms with van der Waals surface area (Å²) in [6.07, 6.45) is -3.37. The van der Waals surface area contributed by atoms with Crippen LogP contribution in [0.25, 0.3) is 0 Å². The molecule has 9 heteroatoms. The Morgan fingerprint density at radius 1 is 1.53 bits per heavy atom. The van der Waals surface area contributed by atoms with Gasteiger partial charge < -0.3 is 21.0 Å². The molecular weight excluding hydrogens is 267 g/mol. The standard InChI is InChI=1S/C10H18F3N3O3/c1-2-3-7(8(14)16-18)9(17)15-4-5-19-6-10(11,12)13/h7,18H,2-6H2,1H3,(H2,14,16)(H,15,17). The lowest BCUT2D eigenvalue weighted by atomic mass is 10.0. The molecule has 0 bridgehead atoms. The van der Waals surface area contributed by atoms with E-state index in [2.05, 4.69) is 15.2 Å². The molecule has 0 heterocycles. The molecule has 1 unspecified atom stereocenters. The molecule has 4 N–H and O–H groups in total. The van der Waals surface area contributed by atoms with Crippen molar-refractivity contribution in [3.8, 4) is 0 Å². The summed E-state index contributed by atoms with van der Waals surface area (Å²) in [4.78, 5) is 11.6. The van der Waals surface area contributed by atoms with Crippen LogP contribution in [0, 0.1) is 5.92 Å². The van der Waals surface area contributed by atoms with Crippen molar-refractivity contribution in [2.75, 3.05) is 19.8 Å². The molecule has 0 aromatic carbocycles. The van der Waals surface area contributed by atoms with Gasteiger partial charge in [0.15, 0.2) is 5.84 Å². The maximum atomic E-state index is 11.7. The third kappa shape index (κ3) is 8.25. The highest BCUT2D eigenvalue weighted by molar-refractivity contribution is 6.01. The number of nitrogens with one attached hydrogen (secondary N) is 1. The summed E-state index contributed by atoms with van der Waals surface area (Å²) in [5.41, 5.74) is 5.35. The van der Waals surface area contributed by atoms with Crippen LogP contribution < -0.4 is 11.1 Å². The number of amides is 1. The summed E-state index contributed by atoms with van der Waals surface area (Å²) < 4.78 is 39.6. The fourth-order valence-electron chi connectivity index (χ4n) is 1.33. The molecule has 0 aliphatic carbocycles. The predicted molar refractivity (Wildman–Crippen MR) is 61.7 cm³/mol. The Morgan fingerprint density at radius 2 is 2.16 bits per heavy atom. The molecule has 0 spiro atoms. The average molecular weight is 285 g/mol. The van der Waals surface area contributed by atoms with Gasteiger partial charge >= 0.3 is 6.18 Å². The Labute approximate surface area is 108 Å². The second-order valence-corrected chi connectivity index (χ2v) is 3.82. The first-order valence-electron chi connectivity index (χ1n) is 5.71. The van der Waals surface area contributed by atoms with Crippen molar-refractivity contribution in [1.82, 2.24) is 5.32 Å². The van der Waals surface area contributed by atoms with E-state index < -0.39 is 24.6 Å². The number of carbonyl (C=O) groups is 1. The van der Waals surface area contributed by atoms with Crippen LogP contribution in [0.1, 0.15) is 19.8 Å². The van der Waals surface area contributed by atoms with E-state index in [1.807, 2.05) is 6.92 Å². The summed E-state index contributed by atoms with van der Waals surface area (Å²) in [6, 6.07) is 0. The zero-order chi connectivity index (χ0) is 14.9. The molecular formula is C10H18F3N3O3. The van der Waals surface area contributed by atoms with Crippen LogP contribution >= 0.6 is 0 Å². The highest BCUT2D eigenvalue weighted by atomic mass is 19.4. The van der Waals surface area contributed by atoms with Crippen molar-refractivity contribution in [3.05, 3.63) is 0 Å². The number of carbonyl (C=O) groups excluding carboxylic acids is 1. The third-order valence-corrected chi connectivity index (χ3v) is 2.18. The highest BCUT2D eigenvalue weighted by Crippen LogP contribution is 2.14. The summed E-state index contributed by atoms with van der Waals surface area (Å²) in [5, 5.41) is 13.6. The number of oxime groups is 1. The van der Waals surface area contributed by atoms with Crippen molar-refractivity contribution in [3.63, 3.8) is 0 Å². The van der Waals surface area contributed by atoms with Gasteiger partial charge in [-0.2, -0.15) is 13.2 Å². The molecule has 0 fully saturated rings. The van der Waals surface area contributed by atoms with Gasteiger partial charge in [0.25, 0.3) is 0 Å². The zero-order valence-electron chi connectivity index (χ0n) is 10.5. The van der Waals surface area contributed by atoms with E-state index in [-0.39, 0.29) is 19.0 Å². The Bertz CT molecular complexity index is 308. The van der Waals surface area contributed by atoms with Gasteiger partial charge in [0, 0.05) is 6.54 Å². The SMILES string of the molecule is CCCC(C(=O)NCCOCC(F)(F)F)C(N)=NO. The smallest absolute Gasteiger partial charge is 0.409 e.